The molecule has 64 heavy (non-hydrogen) atoms. The van der Waals surface area contributed by atoms with Crippen molar-refractivity contribution < 1.29 is 28.6 Å². The van der Waals surface area contributed by atoms with Gasteiger partial charge in [-0.25, -0.2) is 0 Å². The van der Waals surface area contributed by atoms with Crippen LogP contribution in [-0.4, -0.2) is 37.2 Å². The van der Waals surface area contributed by atoms with E-state index >= 15 is 0 Å². The lowest BCUT2D eigenvalue weighted by molar-refractivity contribution is -0.167. The summed E-state index contributed by atoms with van der Waals surface area (Å²) in [5.74, 6) is -0.851. The smallest absolute Gasteiger partial charge is 0.306 e. The van der Waals surface area contributed by atoms with Crippen LogP contribution in [0.4, 0.5) is 0 Å². The molecule has 0 aromatic heterocycles. The lowest BCUT2D eigenvalue weighted by Crippen LogP contribution is -2.30. The van der Waals surface area contributed by atoms with Crippen LogP contribution < -0.4 is 0 Å². The quantitative estimate of drug-likeness (QED) is 0.0262. The number of allylic oxidation sites excluding steroid dienone is 2. The Morgan fingerprint density at radius 2 is 0.516 bits per heavy atom. The number of carbonyl (C=O) groups is 3. The predicted molar refractivity (Wildman–Crippen MR) is 275 cm³/mol. The maximum atomic E-state index is 12.8. The molecule has 1 atom stereocenters. The van der Waals surface area contributed by atoms with Crippen LogP contribution in [0.15, 0.2) is 12.2 Å². The van der Waals surface area contributed by atoms with Crippen LogP contribution in [0.3, 0.4) is 0 Å². The molecule has 0 aliphatic carbocycles. The monoisotopic (exact) mass is 903 g/mol. The van der Waals surface area contributed by atoms with Crippen LogP contribution in [0, 0.1) is 0 Å². The van der Waals surface area contributed by atoms with E-state index < -0.39 is 6.10 Å². The van der Waals surface area contributed by atoms with Gasteiger partial charge in [0.2, 0.25) is 0 Å². The normalized spacial score (nSPS) is 12.0. The first kappa shape index (κ1) is 62.1. The Morgan fingerprint density at radius 3 is 0.781 bits per heavy atom. The molecule has 378 valence electrons. The summed E-state index contributed by atoms with van der Waals surface area (Å²) in [6.07, 6.45) is 60.7. The van der Waals surface area contributed by atoms with E-state index in [0.717, 1.165) is 57.8 Å². The van der Waals surface area contributed by atoms with Crippen LogP contribution in [0.2, 0.25) is 0 Å². The van der Waals surface area contributed by atoms with Crippen molar-refractivity contribution in [2.24, 2.45) is 0 Å². The largest absolute Gasteiger partial charge is 0.462 e. The van der Waals surface area contributed by atoms with Gasteiger partial charge in [-0.2, -0.15) is 0 Å². The van der Waals surface area contributed by atoms with Gasteiger partial charge in [0.15, 0.2) is 6.10 Å². The number of ether oxygens (including phenoxy) is 3. The third-order valence-electron chi connectivity index (χ3n) is 13.0. The number of hydrogen-bond donors (Lipinski definition) is 0. The Morgan fingerprint density at radius 1 is 0.297 bits per heavy atom. The number of carbonyl (C=O) groups excluding carboxylic acids is 3. The van der Waals surface area contributed by atoms with E-state index in [2.05, 4.69) is 32.9 Å². The Bertz CT molecular complexity index is 993. The van der Waals surface area contributed by atoms with Gasteiger partial charge < -0.3 is 14.2 Å². The van der Waals surface area contributed by atoms with E-state index in [1.807, 2.05) is 0 Å². The summed E-state index contributed by atoms with van der Waals surface area (Å²) in [5.41, 5.74) is 0. The van der Waals surface area contributed by atoms with E-state index in [1.165, 1.54) is 225 Å². The number of unbranched alkanes of at least 4 members (excludes halogenated alkanes) is 40. The Balaban J connectivity index is 4.23. The van der Waals surface area contributed by atoms with E-state index in [0.29, 0.717) is 19.3 Å². The molecule has 0 aromatic rings. The molecule has 0 bridgehead atoms. The third-order valence-corrected chi connectivity index (χ3v) is 13.0. The number of rotatable bonds is 53. The minimum absolute atomic E-state index is 0.0660. The summed E-state index contributed by atoms with van der Waals surface area (Å²) in [6, 6.07) is 0. The topological polar surface area (TPSA) is 78.9 Å². The molecular weight excluding hydrogens is 793 g/mol. The zero-order valence-electron chi connectivity index (χ0n) is 43.3. The van der Waals surface area contributed by atoms with Crippen molar-refractivity contribution in [1.82, 2.24) is 0 Å². The molecule has 0 saturated heterocycles. The van der Waals surface area contributed by atoms with Crippen LogP contribution in [-0.2, 0) is 28.6 Å². The van der Waals surface area contributed by atoms with E-state index in [4.69, 9.17) is 14.2 Å². The van der Waals surface area contributed by atoms with E-state index in [-0.39, 0.29) is 31.1 Å². The summed E-state index contributed by atoms with van der Waals surface area (Å²) in [7, 11) is 0. The lowest BCUT2D eigenvalue weighted by Gasteiger charge is -2.18. The average Bonchev–Trinajstić information content (AvgIpc) is 3.29. The molecule has 0 spiro atoms. The van der Waals surface area contributed by atoms with Gasteiger partial charge in [0.05, 0.1) is 0 Å². The second-order valence-electron chi connectivity index (χ2n) is 19.6. The maximum absolute atomic E-state index is 12.8. The molecule has 0 saturated carbocycles. The SMILES string of the molecule is CCCCCCCCCC/C=C\CCCCCCCCCC(=O)OC[C@@H](COC(=O)CCCCCCCCCCC)OC(=O)CCCCCCCCCCCCCCCCCCCC. The molecule has 0 aliphatic rings. The standard InChI is InChI=1S/C58H110O6/c1-4-7-10-13-16-19-21-23-25-27-29-31-32-34-36-39-42-45-48-51-57(60)63-54-55(53-62-56(59)50-47-44-41-38-18-15-12-9-6-3)64-58(61)52-49-46-43-40-37-35-33-30-28-26-24-22-20-17-14-11-8-5-2/h27,29,55H,4-26,28,30-54H2,1-3H3/b29-27-/t55-/m1/s1. The van der Waals surface area contributed by atoms with Gasteiger partial charge in [-0.3, -0.25) is 14.4 Å². The molecule has 6 heteroatoms. The maximum Gasteiger partial charge on any atom is 0.306 e. The average molecular weight is 904 g/mol. The van der Waals surface area contributed by atoms with Gasteiger partial charge in [0.25, 0.3) is 0 Å². The minimum Gasteiger partial charge on any atom is -0.462 e. The molecule has 0 aliphatic heterocycles. The molecule has 0 N–H and O–H groups in total. The first-order valence-corrected chi connectivity index (χ1v) is 28.7. The molecular formula is C58H110O6. The zero-order chi connectivity index (χ0) is 46.5. The van der Waals surface area contributed by atoms with Gasteiger partial charge in [-0.05, 0) is 44.9 Å². The molecule has 0 radical (unpaired) electrons. The molecule has 0 amide bonds. The molecule has 0 rings (SSSR count). The fourth-order valence-electron chi connectivity index (χ4n) is 8.68. The number of hydrogen-bond acceptors (Lipinski definition) is 6. The first-order valence-electron chi connectivity index (χ1n) is 28.7. The van der Waals surface area contributed by atoms with Crippen molar-refractivity contribution in [3.8, 4) is 0 Å². The van der Waals surface area contributed by atoms with Crippen molar-refractivity contribution >= 4 is 17.9 Å². The number of esters is 3. The first-order chi connectivity index (χ1) is 31.5. The van der Waals surface area contributed by atoms with Gasteiger partial charge in [0, 0.05) is 19.3 Å². The highest BCUT2D eigenvalue weighted by Crippen LogP contribution is 2.17. The van der Waals surface area contributed by atoms with Crippen LogP contribution in [0.25, 0.3) is 0 Å². The molecule has 0 heterocycles. The fraction of sp³-hybridized carbons (Fsp3) is 0.914. The van der Waals surface area contributed by atoms with E-state index in [9.17, 15) is 14.4 Å². The van der Waals surface area contributed by atoms with Crippen LogP contribution in [0.1, 0.15) is 323 Å². The van der Waals surface area contributed by atoms with Crippen LogP contribution >= 0.6 is 0 Å². The predicted octanol–water partition coefficient (Wildman–Crippen LogP) is 18.9. The van der Waals surface area contributed by atoms with Gasteiger partial charge in [0.1, 0.15) is 13.2 Å². The van der Waals surface area contributed by atoms with Gasteiger partial charge in [-0.15, -0.1) is 0 Å². The summed E-state index contributed by atoms with van der Waals surface area (Å²) in [5, 5.41) is 0. The van der Waals surface area contributed by atoms with Crippen molar-refractivity contribution in [3.63, 3.8) is 0 Å². The van der Waals surface area contributed by atoms with E-state index in [1.54, 1.807) is 0 Å². The van der Waals surface area contributed by atoms with Crippen molar-refractivity contribution in [2.45, 2.75) is 329 Å². The highest BCUT2D eigenvalue weighted by molar-refractivity contribution is 5.71. The summed E-state index contributed by atoms with van der Waals surface area (Å²) in [6.45, 7) is 6.67. The van der Waals surface area contributed by atoms with Crippen LogP contribution in [0.5, 0.6) is 0 Å². The minimum atomic E-state index is -0.765. The highest BCUT2D eigenvalue weighted by Gasteiger charge is 2.19. The van der Waals surface area contributed by atoms with Gasteiger partial charge in [-0.1, -0.05) is 270 Å². The third kappa shape index (κ3) is 51.1. The summed E-state index contributed by atoms with van der Waals surface area (Å²) in [4.78, 5) is 38.0. The zero-order valence-corrected chi connectivity index (χ0v) is 43.3. The Labute approximate surface area is 399 Å². The second-order valence-corrected chi connectivity index (χ2v) is 19.6. The molecule has 0 aromatic carbocycles. The van der Waals surface area contributed by atoms with Gasteiger partial charge >= 0.3 is 17.9 Å². The second kappa shape index (κ2) is 53.8. The Hall–Kier alpha value is -1.85. The van der Waals surface area contributed by atoms with Crippen molar-refractivity contribution in [2.75, 3.05) is 13.2 Å². The Kier molecular flexibility index (Phi) is 52.2. The fourth-order valence-corrected chi connectivity index (χ4v) is 8.68. The van der Waals surface area contributed by atoms with Crippen molar-refractivity contribution in [1.29, 1.82) is 0 Å². The highest BCUT2D eigenvalue weighted by atomic mass is 16.6. The summed E-state index contributed by atoms with van der Waals surface area (Å²) >= 11 is 0. The summed E-state index contributed by atoms with van der Waals surface area (Å²) < 4.78 is 16.8. The molecule has 6 nitrogen and oxygen atoms in total. The molecule has 0 unspecified atom stereocenters. The van der Waals surface area contributed by atoms with Crippen molar-refractivity contribution in [3.05, 3.63) is 12.2 Å². The molecule has 0 fully saturated rings. The lowest BCUT2D eigenvalue weighted by atomic mass is 10.0.